The highest BCUT2D eigenvalue weighted by Gasteiger charge is 2.29. The third kappa shape index (κ3) is 8.80. The first-order valence-corrected chi connectivity index (χ1v) is 9.26. The molecule has 0 aromatic rings. The van der Waals surface area contributed by atoms with Crippen LogP contribution >= 0.6 is 0 Å². The first-order chi connectivity index (χ1) is 10.3. The van der Waals surface area contributed by atoms with E-state index < -0.39 is 0 Å². The standard InChI is InChI=1S/C18H36O3/c1-4-7-10-13-16-19-17(14-11-8-5-2)21-18(20-16)15-12-9-6-3/h16-18H,4-15H2,1-3H3. The van der Waals surface area contributed by atoms with E-state index >= 15 is 0 Å². The van der Waals surface area contributed by atoms with Crippen molar-refractivity contribution in [3.05, 3.63) is 0 Å². The Morgan fingerprint density at radius 2 is 0.762 bits per heavy atom. The fourth-order valence-electron chi connectivity index (χ4n) is 2.70. The maximum absolute atomic E-state index is 5.97. The molecule has 0 spiro atoms. The van der Waals surface area contributed by atoms with Gasteiger partial charge in [0.1, 0.15) is 0 Å². The van der Waals surface area contributed by atoms with E-state index in [1.807, 2.05) is 0 Å². The minimum Gasteiger partial charge on any atom is -0.324 e. The zero-order valence-electron chi connectivity index (χ0n) is 14.4. The zero-order valence-corrected chi connectivity index (χ0v) is 14.4. The van der Waals surface area contributed by atoms with Crippen LogP contribution in [0.5, 0.6) is 0 Å². The molecule has 0 aromatic heterocycles. The molecule has 0 saturated carbocycles. The van der Waals surface area contributed by atoms with Gasteiger partial charge in [-0.15, -0.1) is 0 Å². The summed E-state index contributed by atoms with van der Waals surface area (Å²) < 4.78 is 17.9. The van der Waals surface area contributed by atoms with Crippen LogP contribution in [-0.4, -0.2) is 18.9 Å². The van der Waals surface area contributed by atoms with Crippen molar-refractivity contribution < 1.29 is 14.2 Å². The summed E-state index contributed by atoms with van der Waals surface area (Å²) in [6.07, 6.45) is 13.9. The second-order valence-corrected chi connectivity index (χ2v) is 6.18. The van der Waals surface area contributed by atoms with Crippen molar-refractivity contribution in [2.45, 2.75) is 117 Å². The first-order valence-electron chi connectivity index (χ1n) is 9.26. The molecule has 1 fully saturated rings. The van der Waals surface area contributed by atoms with Gasteiger partial charge in [-0.05, 0) is 38.5 Å². The molecule has 0 aromatic carbocycles. The molecule has 0 aliphatic carbocycles. The molecule has 126 valence electrons. The Hall–Kier alpha value is -0.120. The number of ether oxygens (including phenoxy) is 3. The summed E-state index contributed by atoms with van der Waals surface area (Å²) in [6.45, 7) is 6.69. The predicted octanol–water partition coefficient (Wildman–Crippen LogP) is 5.77. The van der Waals surface area contributed by atoms with Gasteiger partial charge in [0.25, 0.3) is 0 Å². The molecule has 1 rings (SSSR count). The van der Waals surface area contributed by atoms with Gasteiger partial charge >= 0.3 is 0 Å². The molecule has 21 heavy (non-hydrogen) atoms. The Morgan fingerprint density at radius 3 is 1.00 bits per heavy atom. The van der Waals surface area contributed by atoms with Crippen molar-refractivity contribution in [3.63, 3.8) is 0 Å². The third-order valence-corrected chi connectivity index (χ3v) is 4.04. The molecule has 1 saturated heterocycles. The fourth-order valence-corrected chi connectivity index (χ4v) is 2.70. The van der Waals surface area contributed by atoms with Gasteiger partial charge in [0, 0.05) is 0 Å². The highest BCUT2D eigenvalue weighted by atomic mass is 16.9. The quantitative estimate of drug-likeness (QED) is 0.428. The van der Waals surface area contributed by atoms with E-state index in [-0.39, 0.29) is 18.9 Å². The van der Waals surface area contributed by atoms with Crippen LogP contribution in [0.3, 0.4) is 0 Å². The van der Waals surface area contributed by atoms with E-state index in [0.29, 0.717) is 0 Å². The number of rotatable bonds is 12. The van der Waals surface area contributed by atoms with E-state index in [0.717, 1.165) is 19.3 Å². The molecule has 1 heterocycles. The fraction of sp³-hybridized carbons (Fsp3) is 1.00. The van der Waals surface area contributed by atoms with E-state index in [9.17, 15) is 0 Å². The molecule has 0 radical (unpaired) electrons. The van der Waals surface area contributed by atoms with Gasteiger partial charge in [-0.2, -0.15) is 0 Å². The predicted molar refractivity (Wildman–Crippen MR) is 87.0 cm³/mol. The maximum Gasteiger partial charge on any atom is 0.163 e. The van der Waals surface area contributed by atoms with Crippen molar-refractivity contribution in [1.29, 1.82) is 0 Å². The molecule has 0 unspecified atom stereocenters. The molecule has 0 N–H and O–H groups in total. The molecule has 3 nitrogen and oxygen atoms in total. The number of hydrogen-bond donors (Lipinski definition) is 0. The van der Waals surface area contributed by atoms with E-state index in [4.69, 9.17) is 14.2 Å². The molecular weight excluding hydrogens is 264 g/mol. The largest absolute Gasteiger partial charge is 0.324 e. The second kappa shape index (κ2) is 12.4. The Balaban J connectivity index is 2.35. The summed E-state index contributed by atoms with van der Waals surface area (Å²) in [4.78, 5) is 0. The van der Waals surface area contributed by atoms with E-state index in [1.165, 1.54) is 57.8 Å². The maximum atomic E-state index is 5.97. The minimum atomic E-state index is -0.0523. The molecule has 1 aliphatic rings. The zero-order chi connectivity index (χ0) is 15.3. The first kappa shape index (κ1) is 18.9. The van der Waals surface area contributed by atoms with Crippen LogP contribution < -0.4 is 0 Å². The summed E-state index contributed by atoms with van der Waals surface area (Å²) in [5, 5.41) is 0. The SMILES string of the molecule is CCCCCC1OC(CCCCC)OC(CCCCC)O1. The van der Waals surface area contributed by atoms with Crippen LogP contribution in [0.25, 0.3) is 0 Å². The monoisotopic (exact) mass is 300 g/mol. The van der Waals surface area contributed by atoms with E-state index in [1.54, 1.807) is 0 Å². The van der Waals surface area contributed by atoms with Crippen LogP contribution in [0.2, 0.25) is 0 Å². The van der Waals surface area contributed by atoms with Gasteiger partial charge in [-0.3, -0.25) is 0 Å². The lowest BCUT2D eigenvalue weighted by Crippen LogP contribution is -2.40. The summed E-state index contributed by atoms with van der Waals surface area (Å²) in [6, 6.07) is 0. The van der Waals surface area contributed by atoms with Gasteiger partial charge in [-0.1, -0.05) is 59.3 Å². The van der Waals surface area contributed by atoms with Crippen molar-refractivity contribution in [2.24, 2.45) is 0 Å². The molecule has 3 heteroatoms. The average Bonchev–Trinajstić information content (AvgIpc) is 2.48. The highest BCUT2D eigenvalue weighted by molar-refractivity contribution is 4.61. The molecule has 1 aliphatic heterocycles. The number of unbranched alkanes of at least 4 members (excludes halogenated alkanes) is 6. The Bertz CT molecular complexity index is 188. The summed E-state index contributed by atoms with van der Waals surface area (Å²) in [5.74, 6) is 0. The van der Waals surface area contributed by atoms with Crippen molar-refractivity contribution in [1.82, 2.24) is 0 Å². The van der Waals surface area contributed by atoms with Gasteiger partial charge in [0.15, 0.2) is 18.9 Å². The van der Waals surface area contributed by atoms with Crippen molar-refractivity contribution in [3.8, 4) is 0 Å². The normalized spacial score (nSPS) is 26.1. The van der Waals surface area contributed by atoms with Crippen LogP contribution in [0.4, 0.5) is 0 Å². The van der Waals surface area contributed by atoms with Crippen molar-refractivity contribution in [2.75, 3.05) is 0 Å². The van der Waals surface area contributed by atoms with Crippen LogP contribution in [0, 0.1) is 0 Å². The Labute approximate surface area is 131 Å². The highest BCUT2D eigenvalue weighted by Crippen LogP contribution is 2.25. The molecule has 0 atom stereocenters. The summed E-state index contributed by atoms with van der Waals surface area (Å²) >= 11 is 0. The van der Waals surface area contributed by atoms with Crippen LogP contribution in [0.1, 0.15) is 97.8 Å². The van der Waals surface area contributed by atoms with Crippen molar-refractivity contribution >= 4 is 0 Å². The second-order valence-electron chi connectivity index (χ2n) is 6.18. The summed E-state index contributed by atoms with van der Waals surface area (Å²) in [7, 11) is 0. The van der Waals surface area contributed by atoms with E-state index in [2.05, 4.69) is 20.8 Å². The van der Waals surface area contributed by atoms with Crippen LogP contribution in [-0.2, 0) is 14.2 Å². The van der Waals surface area contributed by atoms with Gasteiger partial charge in [0.2, 0.25) is 0 Å². The van der Waals surface area contributed by atoms with Crippen LogP contribution in [0.15, 0.2) is 0 Å². The topological polar surface area (TPSA) is 27.7 Å². The molecular formula is C18H36O3. The smallest absolute Gasteiger partial charge is 0.163 e. The average molecular weight is 300 g/mol. The Morgan fingerprint density at radius 1 is 0.476 bits per heavy atom. The lowest BCUT2D eigenvalue weighted by Gasteiger charge is -2.36. The minimum absolute atomic E-state index is 0.0523. The number of hydrogen-bond acceptors (Lipinski definition) is 3. The Kier molecular flexibility index (Phi) is 11.2. The molecule has 0 amide bonds. The summed E-state index contributed by atoms with van der Waals surface area (Å²) in [5.41, 5.74) is 0. The van der Waals surface area contributed by atoms with Gasteiger partial charge in [-0.25, -0.2) is 0 Å². The third-order valence-electron chi connectivity index (χ3n) is 4.04. The van der Waals surface area contributed by atoms with Gasteiger partial charge < -0.3 is 14.2 Å². The molecule has 0 bridgehead atoms. The lowest BCUT2D eigenvalue weighted by molar-refractivity contribution is -0.386. The van der Waals surface area contributed by atoms with Gasteiger partial charge in [0.05, 0.1) is 0 Å². The lowest BCUT2D eigenvalue weighted by atomic mass is 10.1.